The highest BCUT2D eigenvalue weighted by Gasteiger charge is 2.18. The Morgan fingerprint density at radius 3 is 1.75 bits per heavy atom. The number of hydrogen-bond donors (Lipinski definition) is 0. The highest BCUT2D eigenvalue weighted by atomic mass is 16.5. The van der Waals surface area contributed by atoms with Crippen molar-refractivity contribution in [3.63, 3.8) is 0 Å². The number of methoxy groups -OCH3 is 2. The van der Waals surface area contributed by atoms with Gasteiger partial charge in [0.2, 0.25) is 0 Å². The molecule has 1 aromatic carbocycles. The van der Waals surface area contributed by atoms with Gasteiger partial charge in [-0.3, -0.25) is 4.79 Å². The molecule has 0 saturated heterocycles. The van der Waals surface area contributed by atoms with E-state index in [0.29, 0.717) is 11.3 Å². The summed E-state index contributed by atoms with van der Waals surface area (Å²) in [5.74, 6) is -1.17. The summed E-state index contributed by atoms with van der Waals surface area (Å²) in [5.41, 5.74) is 3.18. The number of carbonyl (C=O) groups is 3. The van der Waals surface area contributed by atoms with Crippen molar-refractivity contribution in [3.8, 4) is 5.69 Å². The van der Waals surface area contributed by atoms with Crippen molar-refractivity contribution in [2.75, 3.05) is 14.2 Å². The van der Waals surface area contributed by atoms with Crippen LogP contribution in [0.5, 0.6) is 0 Å². The van der Waals surface area contributed by atoms with Crippen molar-refractivity contribution >= 4 is 17.7 Å². The summed E-state index contributed by atoms with van der Waals surface area (Å²) in [7, 11) is 2.54. The van der Waals surface area contributed by atoms with Crippen LogP contribution in [0.3, 0.4) is 0 Å². The number of esters is 2. The van der Waals surface area contributed by atoms with Crippen LogP contribution < -0.4 is 0 Å². The lowest BCUT2D eigenvalue weighted by Crippen LogP contribution is -2.10. The number of hydrogen-bond acceptors (Lipinski definition) is 5. The number of rotatable bonds is 4. The predicted octanol–water partition coefficient (Wildman–Crippen LogP) is 2.87. The number of Topliss-reactive ketones (excluding diaryl/α,β-unsaturated/α-hetero) is 1. The van der Waals surface area contributed by atoms with Gasteiger partial charge >= 0.3 is 11.9 Å². The van der Waals surface area contributed by atoms with Crippen LogP contribution in [0.1, 0.15) is 49.4 Å². The van der Waals surface area contributed by atoms with Gasteiger partial charge in [-0.05, 0) is 45.0 Å². The smallest absolute Gasteiger partial charge is 0.337 e. The van der Waals surface area contributed by atoms with E-state index in [9.17, 15) is 14.4 Å². The van der Waals surface area contributed by atoms with E-state index in [4.69, 9.17) is 9.47 Å². The second kappa shape index (κ2) is 6.70. The summed E-state index contributed by atoms with van der Waals surface area (Å²) in [5, 5.41) is 0. The van der Waals surface area contributed by atoms with Gasteiger partial charge in [0.1, 0.15) is 0 Å². The van der Waals surface area contributed by atoms with Crippen LogP contribution in [0.15, 0.2) is 24.3 Å². The summed E-state index contributed by atoms with van der Waals surface area (Å²) in [6.45, 7) is 5.16. The lowest BCUT2D eigenvalue weighted by atomic mass is 10.1. The third-order valence-electron chi connectivity index (χ3n) is 3.83. The van der Waals surface area contributed by atoms with Crippen LogP contribution in [0.4, 0.5) is 0 Å². The van der Waals surface area contributed by atoms with Crippen LogP contribution in [0, 0.1) is 13.8 Å². The maximum Gasteiger partial charge on any atom is 0.337 e. The van der Waals surface area contributed by atoms with Crippen molar-refractivity contribution in [2.45, 2.75) is 20.8 Å². The van der Waals surface area contributed by atoms with Crippen LogP contribution in [0.25, 0.3) is 5.69 Å². The first-order chi connectivity index (χ1) is 11.3. The van der Waals surface area contributed by atoms with Gasteiger partial charge in [0.05, 0.1) is 25.3 Å². The molecule has 0 amide bonds. The molecule has 6 nitrogen and oxygen atoms in total. The van der Waals surface area contributed by atoms with Crippen molar-refractivity contribution in [1.82, 2.24) is 4.57 Å². The number of ketones is 1. The Bertz CT molecular complexity index is 798. The summed E-state index contributed by atoms with van der Waals surface area (Å²) >= 11 is 0. The second-order valence-corrected chi connectivity index (χ2v) is 5.43. The Morgan fingerprint density at radius 2 is 1.38 bits per heavy atom. The molecule has 0 aliphatic heterocycles. The molecule has 2 aromatic rings. The molecule has 0 fully saturated rings. The normalized spacial score (nSPS) is 10.4. The topological polar surface area (TPSA) is 74.6 Å². The number of carbonyl (C=O) groups excluding carboxylic acids is 3. The minimum absolute atomic E-state index is 0.0494. The van der Waals surface area contributed by atoms with Gasteiger partial charge in [0, 0.05) is 22.6 Å². The molecule has 24 heavy (non-hydrogen) atoms. The standard InChI is InChI=1S/C18H19NO5/c1-10-6-16(12(3)20)11(2)19(10)15-8-13(17(21)23-4)7-14(9-15)18(22)24-5/h6-9H,1-5H3. The molecule has 6 heteroatoms. The van der Waals surface area contributed by atoms with Crippen LogP contribution in [-0.2, 0) is 9.47 Å². The SMILES string of the molecule is COC(=O)c1cc(C(=O)OC)cc(-n2c(C)cc(C(C)=O)c2C)c1. The minimum atomic E-state index is -0.559. The van der Waals surface area contributed by atoms with Crippen LogP contribution in [-0.4, -0.2) is 36.5 Å². The summed E-state index contributed by atoms with van der Waals surface area (Å²) in [6.07, 6.45) is 0. The fourth-order valence-corrected chi connectivity index (χ4v) is 2.73. The van der Waals surface area contributed by atoms with Gasteiger partial charge in [-0.15, -0.1) is 0 Å². The maximum atomic E-state index is 11.9. The van der Waals surface area contributed by atoms with Crippen molar-refractivity contribution < 1.29 is 23.9 Å². The van der Waals surface area contributed by atoms with Gasteiger partial charge in [-0.1, -0.05) is 0 Å². The Kier molecular flexibility index (Phi) is 4.87. The Labute approximate surface area is 140 Å². The largest absolute Gasteiger partial charge is 0.465 e. The van der Waals surface area contributed by atoms with E-state index in [0.717, 1.165) is 11.4 Å². The number of aryl methyl sites for hydroxylation is 1. The molecule has 0 unspecified atom stereocenters. The molecule has 0 spiro atoms. The number of aromatic nitrogens is 1. The Balaban J connectivity index is 2.72. The second-order valence-electron chi connectivity index (χ2n) is 5.43. The van der Waals surface area contributed by atoms with E-state index >= 15 is 0 Å². The van der Waals surface area contributed by atoms with Gasteiger partial charge in [-0.2, -0.15) is 0 Å². The molecule has 1 aromatic heterocycles. The third kappa shape index (κ3) is 3.08. The molecule has 2 rings (SSSR count). The molecule has 1 heterocycles. The average Bonchev–Trinajstić information content (AvgIpc) is 2.87. The molecule has 126 valence electrons. The van der Waals surface area contributed by atoms with E-state index < -0.39 is 11.9 Å². The van der Waals surface area contributed by atoms with Crippen LogP contribution in [0.2, 0.25) is 0 Å². The first kappa shape index (κ1) is 17.5. The lowest BCUT2D eigenvalue weighted by Gasteiger charge is -2.13. The third-order valence-corrected chi connectivity index (χ3v) is 3.83. The Morgan fingerprint density at radius 1 is 0.875 bits per heavy atom. The van der Waals surface area contributed by atoms with E-state index in [2.05, 4.69) is 0 Å². The van der Waals surface area contributed by atoms with Gasteiger partial charge < -0.3 is 14.0 Å². The zero-order valence-corrected chi connectivity index (χ0v) is 14.3. The number of nitrogens with zero attached hydrogens (tertiary/aromatic N) is 1. The molecule has 0 atom stereocenters. The summed E-state index contributed by atoms with van der Waals surface area (Å²) in [4.78, 5) is 35.6. The predicted molar refractivity (Wildman–Crippen MR) is 87.9 cm³/mol. The molecule has 0 radical (unpaired) electrons. The molecular formula is C18H19NO5. The fourth-order valence-electron chi connectivity index (χ4n) is 2.73. The van der Waals surface area contributed by atoms with E-state index in [1.54, 1.807) is 18.2 Å². The zero-order chi connectivity index (χ0) is 18.0. The van der Waals surface area contributed by atoms with Gasteiger partial charge in [0.15, 0.2) is 5.78 Å². The van der Waals surface area contributed by atoms with E-state index in [1.165, 1.54) is 27.2 Å². The quantitative estimate of drug-likeness (QED) is 0.637. The lowest BCUT2D eigenvalue weighted by molar-refractivity contribution is 0.0599. The van der Waals surface area contributed by atoms with Crippen molar-refractivity contribution in [2.24, 2.45) is 0 Å². The van der Waals surface area contributed by atoms with Gasteiger partial charge in [-0.25, -0.2) is 9.59 Å². The Hall–Kier alpha value is -2.89. The minimum Gasteiger partial charge on any atom is -0.465 e. The molecule has 0 saturated carbocycles. The summed E-state index contributed by atoms with van der Waals surface area (Å²) in [6, 6.07) is 6.42. The van der Waals surface area contributed by atoms with E-state index in [1.807, 2.05) is 18.4 Å². The fraction of sp³-hybridized carbons (Fsp3) is 0.278. The molecule has 0 aliphatic carbocycles. The molecule has 0 bridgehead atoms. The highest BCUT2D eigenvalue weighted by molar-refractivity contribution is 5.97. The number of benzene rings is 1. The van der Waals surface area contributed by atoms with Gasteiger partial charge in [0.25, 0.3) is 0 Å². The first-order valence-electron chi connectivity index (χ1n) is 7.32. The van der Waals surface area contributed by atoms with Crippen molar-refractivity contribution in [1.29, 1.82) is 0 Å². The molecule has 0 aliphatic rings. The highest BCUT2D eigenvalue weighted by Crippen LogP contribution is 2.24. The molecule has 0 N–H and O–H groups in total. The summed E-state index contributed by atoms with van der Waals surface area (Å²) < 4.78 is 11.3. The monoisotopic (exact) mass is 329 g/mol. The molecular weight excluding hydrogens is 310 g/mol. The number of ether oxygens (including phenoxy) is 2. The van der Waals surface area contributed by atoms with Crippen molar-refractivity contribution in [3.05, 3.63) is 52.3 Å². The van der Waals surface area contributed by atoms with E-state index in [-0.39, 0.29) is 16.9 Å². The maximum absolute atomic E-state index is 11.9. The van der Waals surface area contributed by atoms with Crippen LogP contribution >= 0.6 is 0 Å². The average molecular weight is 329 g/mol. The first-order valence-corrected chi connectivity index (χ1v) is 7.32. The zero-order valence-electron chi connectivity index (χ0n) is 14.3.